The van der Waals surface area contributed by atoms with E-state index in [1.165, 1.54) is 0 Å². The Bertz CT molecular complexity index is 1630. The number of nitrogen functional groups attached to an aromatic ring is 1. The van der Waals surface area contributed by atoms with Gasteiger partial charge in [-0.2, -0.15) is 0 Å². The lowest BCUT2D eigenvalue weighted by Gasteiger charge is -2.29. The molecule has 4 aromatic carbocycles. The van der Waals surface area contributed by atoms with Gasteiger partial charge in [0.25, 0.3) is 0 Å². The van der Waals surface area contributed by atoms with Gasteiger partial charge in [-0.05, 0) is 41.5 Å². The van der Waals surface area contributed by atoms with Gasteiger partial charge in [-0.15, -0.1) is 0 Å². The van der Waals surface area contributed by atoms with Gasteiger partial charge < -0.3 is 20.7 Å². The topological polar surface area (TPSA) is 138 Å². The second-order valence-corrected chi connectivity index (χ2v) is 11.8. The number of rotatable bonds is 14. The number of nitrogens with one attached hydrogen (secondary N) is 3. The maximum Gasteiger partial charge on any atom is 0.320 e. The first-order valence-corrected chi connectivity index (χ1v) is 15.9. The summed E-state index contributed by atoms with van der Waals surface area (Å²) in [6.45, 7) is 0.667. The fraction of sp³-hybridized carbons (Fsp3) is 0.263. The number of benzene rings is 4. The van der Waals surface area contributed by atoms with Crippen LogP contribution in [0.4, 0.5) is 0 Å². The normalized spacial score (nSPS) is 16.3. The zero-order valence-corrected chi connectivity index (χ0v) is 26.3. The van der Waals surface area contributed by atoms with E-state index in [1.807, 2.05) is 103 Å². The van der Waals surface area contributed by atoms with Crippen LogP contribution in [0, 0.1) is 5.41 Å². The predicted octanol–water partition coefficient (Wildman–Crippen LogP) is 4.31. The monoisotopic (exact) mass is 631 g/mol. The molecule has 0 spiro atoms. The maximum atomic E-state index is 14.3. The number of hydrogen-bond acceptors (Lipinski definition) is 6. The number of amidine groups is 1. The van der Waals surface area contributed by atoms with Gasteiger partial charge in [0.2, 0.25) is 11.8 Å². The summed E-state index contributed by atoms with van der Waals surface area (Å²) in [6.07, 6.45) is 1.54. The first kappa shape index (κ1) is 33.1. The number of aryl methyl sites for hydroxylation is 1. The molecule has 5 rings (SSSR count). The summed E-state index contributed by atoms with van der Waals surface area (Å²) in [5.74, 6) is -0.957. The van der Waals surface area contributed by atoms with Crippen LogP contribution in [0.2, 0.25) is 0 Å². The van der Waals surface area contributed by atoms with Gasteiger partial charge in [-0.1, -0.05) is 115 Å². The highest BCUT2D eigenvalue weighted by Crippen LogP contribution is 2.33. The molecular formula is C38H41N5O4. The van der Waals surface area contributed by atoms with Crippen molar-refractivity contribution in [1.82, 2.24) is 15.5 Å². The van der Waals surface area contributed by atoms with E-state index in [4.69, 9.17) is 15.9 Å². The number of likely N-dealkylation sites (tertiary alicyclic amines) is 1. The molecule has 1 aliphatic rings. The van der Waals surface area contributed by atoms with Crippen molar-refractivity contribution in [3.8, 4) is 0 Å². The number of nitrogens with zero attached hydrogens (tertiary/aromatic N) is 1. The summed E-state index contributed by atoms with van der Waals surface area (Å²) in [5, 5.41) is 13.8. The number of carbonyl (C=O) groups excluding carboxylic acids is 3. The summed E-state index contributed by atoms with van der Waals surface area (Å²) in [7, 11) is 0. The molecule has 1 fully saturated rings. The molecule has 1 aliphatic heterocycles. The van der Waals surface area contributed by atoms with Crippen molar-refractivity contribution in [2.45, 2.75) is 50.4 Å². The number of carbonyl (C=O) groups is 3. The van der Waals surface area contributed by atoms with Gasteiger partial charge >= 0.3 is 5.97 Å². The van der Waals surface area contributed by atoms with Gasteiger partial charge in [-0.25, -0.2) is 0 Å². The SMILES string of the molecule is N=C(N)c1ccc(CNC(=O)[C@@H]2C[C@H](c3ccccc3)CN2C(=O)[C@@H](CCc2ccccc2)NCC(=O)OCc2ccccc2)cc1. The molecule has 242 valence electrons. The summed E-state index contributed by atoms with van der Waals surface area (Å²) in [5.41, 5.74) is 10.1. The van der Waals surface area contributed by atoms with Crippen LogP contribution in [0.5, 0.6) is 0 Å². The second-order valence-electron chi connectivity index (χ2n) is 11.8. The molecule has 0 bridgehead atoms. The summed E-state index contributed by atoms with van der Waals surface area (Å²) < 4.78 is 5.47. The molecule has 9 heteroatoms. The highest BCUT2D eigenvalue weighted by atomic mass is 16.5. The highest BCUT2D eigenvalue weighted by molar-refractivity contribution is 5.95. The smallest absolute Gasteiger partial charge is 0.320 e. The van der Waals surface area contributed by atoms with Crippen molar-refractivity contribution in [2.75, 3.05) is 13.1 Å². The number of amides is 2. The van der Waals surface area contributed by atoms with Crippen LogP contribution in [-0.2, 0) is 38.7 Å². The fourth-order valence-electron chi connectivity index (χ4n) is 5.87. The van der Waals surface area contributed by atoms with Crippen molar-refractivity contribution in [3.05, 3.63) is 143 Å². The van der Waals surface area contributed by atoms with E-state index in [2.05, 4.69) is 10.6 Å². The van der Waals surface area contributed by atoms with Crippen molar-refractivity contribution in [1.29, 1.82) is 5.41 Å². The minimum atomic E-state index is -0.705. The Balaban J connectivity index is 1.30. The molecule has 0 radical (unpaired) electrons. The van der Waals surface area contributed by atoms with Gasteiger partial charge in [0.1, 0.15) is 18.5 Å². The molecule has 0 aliphatic carbocycles. The predicted molar refractivity (Wildman–Crippen MR) is 181 cm³/mol. The summed E-state index contributed by atoms with van der Waals surface area (Å²) in [6, 6.07) is 35.0. The van der Waals surface area contributed by atoms with E-state index < -0.39 is 18.1 Å². The quantitative estimate of drug-likeness (QED) is 0.0930. The van der Waals surface area contributed by atoms with Crippen molar-refractivity contribution in [3.63, 3.8) is 0 Å². The lowest BCUT2D eigenvalue weighted by Crippen LogP contribution is -2.53. The van der Waals surface area contributed by atoms with Gasteiger partial charge in [-0.3, -0.25) is 25.1 Å². The Hall–Kier alpha value is -5.28. The van der Waals surface area contributed by atoms with Crippen molar-refractivity contribution in [2.24, 2.45) is 5.73 Å². The van der Waals surface area contributed by atoms with E-state index in [-0.39, 0.29) is 43.3 Å². The minimum Gasteiger partial charge on any atom is -0.460 e. The van der Waals surface area contributed by atoms with Crippen LogP contribution in [0.15, 0.2) is 115 Å². The average molecular weight is 632 g/mol. The summed E-state index contributed by atoms with van der Waals surface area (Å²) in [4.78, 5) is 42.4. The first-order valence-electron chi connectivity index (χ1n) is 15.9. The molecule has 4 aromatic rings. The van der Waals surface area contributed by atoms with Crippen LogP contribution in [0.3, 0.4) is 0 Å². The van der Waals surface area contributed by atoms with Crippen molar-refractivity contribution < 1.29 is 19.1 Å². The molecule has 47 heavy (non-hydrogen) atoms. The Morgan fingerprint density at radius 3 is 2.09 bits per heavy atom. The number of esters is 1. The standard InChI is InChI=1S/C38H41N5O4/c39-36(40)31-19-16-28(17-20-31)23-42-37(45)34-22-32(30-14-8-3-9-15-30)25-43(34)38(46)33(21-18-27-10-4-1-5-11-27)41-24-35(44)47-26-29-12-6-2-7-13-29/h1-17,19-20,32-34,41H,18,21-26H2,(H3,39,40)(H,42,45)/t32-,33+,34-/m0/s1. The molecule has 9 nitrogen and oxygen atoms in total. The van der Waals surface area contributed by atoms with Crippen LogP contribution >= 0.6 is 0 Å². The van der Waals surface area contributed by atoms with Crippen LogP contribution in [-0.4, -0.2) is 53.7 Å². The van der Waals surface area contributed by atoms with E-state index in [9.17, 15) is 14.4 Å². The van der Waals surface area contributed by atoms with Crippen molar-refractivity contribution >= 4 is 23.6 Å². The van der Waals surface area contributed by atoms with E-state index in [0.29, 0.717) is 31.4 Å². The molecule has 0 aromatic heterocycles. The zero-order valence-electron chi connectivity index (χ0n) is 26.3. The molecule has 0 saturated carbocycles. The second kappa shape index (κ2) is 16.3. The number of ether oxygens (including phenoxy) is 1. The molecular weight excluding hydrogens is 590 g/mol. The Kier molecular flexibility index (Phi) is 11.5. The van der Waals surface area contributed by atoms with Crippen LogP contribution in [0.1, 0.15) is 46.6 Å². The van der Waals surface area contributed by atoms with Gasteiger partial charge in [0.05, 0.1) is 12.6 Å². The van der Waals surface area contributed by atoms with Crippen LogP contribution < -0.4 is 16.4 Å². The third-order valence-electron chi connectivity index (χ3n) is 8.49. The van der Waals surface area contributed by atoms with Gasteiger partial charge in [0.15, 0.2) is 0 Å². The third-order valence-corrected chi connectivity index (χ3v) is 8.49. The molecule has 3 atom stereocenters. The highest BCUT2D eigenvalue weighted by Gasteiger charge is 2.42. The Labute approximate surface area is 275 Å². The number of hydrogen-bond donors (Lipinski definition) is 4. The molecule has 1 heterocycles. The number of nitrogens with two attached hydrogens (primary N) is 1. The third kappa shape index (κ3) is 9.37. The summed E-state index contributed by atoms with van der Waals surface area (Å²) >= 11 is 0. The molecule has 1 saturated heterocycles. The van der Waals surface area contributed by atoms with E-state index >= 15 is 0 Å². The molecule has 5 N–H and O–H groups in total. The van der Waals surface area contributed by atoms with E-state index in [0.717, 1.165) is 22.3 Å². The fourth-order valence-corrected chi connectivity index (χ4v) is 5.87. The van der Waals surface area contributed by atoms with Gasteiger partial charge in [0, 0.05) is 24.6 Å². The largest absolute Gasteiger partial charge is 0.460 e. The Morgan fingerprint density at radius 2 is 1.45 bits per heavy atom. The zero-order chi connectivity index (χ0) is 33.0. The maximum absolute atomic E-state index is 14.3. The van der Waals surface area contributed by atoms with Crippen LogP contribution in [0.25, 0.3) is 0 Å². The molecule has 2 amide bonds. The first-order chi connectivity index (χ1) is 22.9. The minimum absolute atomic E-state index is 0.0173. The lowest BCUT2D eigenvalue weighted by atomic mass is 9.96. The van der Waals surface area contributed by atoms with E-state index in [1.54, 1.807) is 17.0 Å². The Morgan fingerprint density at radius 1 is 0.830 bits per heavy atom. The lowest BCUT2D eigenvalue weighted by molar-refractivity contribution is -0.145. The molecule has 0 unspecified atom stereocenters. The average Bonchev–Trinajstić information content (AvgIpc) is 3.57.